The summed E-state index contributed by atoms with van der Waals surface area (Å²) in [5.74, 6) is 1.30. The minimum atomic E-state index is 0.186. The Morgan fingerprint density at radius 1 is 1.16 bits per heavy atom. The first-order chi connectivity index (χ1) is 12.2. The minimum Gasteiger partial charge on any atom is -0.342 e. The maximum Gasteiger partial charge on any atom is 0.227 e. The number of rotatable bonds is 3. The van der Waals surface area contributed by atoms with Crippen LogP contribution in [0.15, 0.2) is 54.7 Å². The Bertz CT molecular complexity index is 922. The summed E-state index contributed by atoms with van der Waals surface area (Å²) < 4.78 is 0. The molecule has 3 aromatic rings. The molecule has 1 aliphatic heterocycles. The van der Waals surface area contributed by atoms with Gasteiger partial charge in [-0.15, -0.1) is 0 Å². The lowest BCUT2D eigenvalue weighted by Crippen LogP contribution is -2.30. The number of fused-ring (bicyclic) bond motifs is 1. The Morgan fingerprint density at radius 2 is 2.00 bits per heavy atom. The fraction of sp³-hybridized carbons (Fsp3) is 0.286. The molecule has 1 aliphatic rings. The first-order valence-electron chi connectivity index (χ1n) is 8.74. The van der Waals surface area contributed by atoms with Crippen LogP contribution in [0.3, 0.4) is 0 Å². The highest BCUT2D eigenvalue weighted by Crippen LogP contribution is 2.25. The SMILES string of the molecule is Cc1ccnc([C@H]2CCN(C(=O)Cc3ccc4ccccc4c3)C2)n1. The van der Waals surface area contributed by atoms with Crippen LogP contribution >= 0.6 is 0 Å². The molecule has 0 radical (unpaired) electrons. The van der Waals surface area contributed by atoms with Crippen LogP contribution in [0.1, 0.15) is 29.4 Å². The molecule has 0 spiro atoms. The second-order valence-electron chi connectivity index (χ2n) is 6.74. The Kier molecular flexibility index (Phi) is 4.18. The van der Waals surface area contributed by atoms with Gasteiger partial charge >= 0.3 is 0 Å². The molecule has 1 atom stereocenters. The maximum absolute atomic E-state index is 12.7. The lowest BCUT2D eigenvalue weighted by Gasteiger charge is -2.16. The zero-order chi connectivity index (χ0) is 17.2. The van der Waals surface area contributed by atoms with Crippen LogP contribution in [0.2, 0.25) is 0 Å². The van der Waals surface area contributed by atoms with Gasteiger partial charge in [0, 0.05) is 30.9 Å². The zero-order valence-electron chi connectivity index (χ0n) is 14.4. The second kappa shape index (κ2) is 6.63. The van der Waals surface area contributed by atoms with E-state index in [0.717, 1.165) is 36.6 Å². The van der Waals surface area contributed by atoms with E-state index >= 15 is 0 Å². The van der Waals surface area contributed by atoms with Gasteiger partial charge in [-0.3, -0.25) is 4.79 Å². The third-order valence-electron chi connectivity index (χ3n) is 4.89. The number of benzene rings is 2. The van der Waals surface area contributed by atoms with E-state index in [9.17, 15) is 4.79 Å². The van der Waals surface area contributed by atoms with E-state index in [4.69, 9.17) is 0 Å². The van der Waals surface area contributed by atoms with Gasteiger partial charge in [-0.2, -0.15) is 0 Å². The van der Waals surface area contributed by atoms with Crippen molar-refractivity contribution in [2.24, 2.45) is 0 Å². The van der Waals surface area contributed by atoms with Crippen molar-refractivity contribution < 1.29 is 4.79 Å². The van der Waals surface area contributed by atoms with Crippen LogP contribution in [0.5, 0.6) is 0 Å². The molecular formula is C21H21N3O. The lowest BCUT2D eigenvalue weighted by molar-refractivity contribution is -0.129. The molecule has 4 rings (SSSR count). The second-order valence-corrected chi connectivity index (χ2v) is 6.74. The van der Waals surface area contributed by atoms with Gasteiger partial charge in [0.15, 0.2) is 0 Å². The van der Waals surface area contributed by atoms with Crippen LogP contribution < -0.4 is 0 Å². The Morgan fingerprint density at radius 3 is 2.84 bits per heavy atom. The number of hydrogen-bond donors (Lipinski definition) is 0. The average molecular weight is 331 g/mol. The van der Waals surface area contributed by atoms with Gasteiger partial charge in [0.1, 0.15) is 5.82 Å². The van der Waals surface area contributed by atoms with E-state index in [1.165, 1.54) is 10.8 Å². The largest absolute Gasteiger partial charge is 0.342 e. The predicted molar refractivity (Wildman–Crippen MR) is 98.4 cm³/mol. The van der Waals surface area contributed by atoms with E-state index in [-0.39, 0.29) is 11.8 Å². The van der Waals surface area contributed by atoms with E-state index < -0.39 is 0 Å². The third-order valence-corrected chi connectivity index (χ3v) is 4.89. The smallest absolute Gasteiger partial charge is 0.227 e. The molecule has 126 valence electrons. The van der Waals surface area contributed by atoms with Crippen molar-refractivity contribution in [3.63, 3.8) is 0 Å². The van der Waals surface area contributed by atoms with E-state index in [2.05, 4.69) is 40.3 Å². The summed E-state index contributed by atoms with van der Waals surface area (Å²) in [5, 5.41) is 2.39. The Balaban J connectivity index is 1.44. The van der Waals surface area contributed by atoms with Crippen LogP contribution in [0, 0.1) is 6.92 Å². The number of aromatic nitrogens is 2. The highest BCUT2D eigenvalue weighted by molar-refractivity contribution is 5.85. The van der Waals surface area contributed by atoms with Crippen LogP contribution in [-0.2, 0) is 11.2 Å². The number of carbonyl (C=O) groups is 1. The molecule has 0 aliphatic carbocycles. The first-order valence-corrected chi connectivity index (χ1v) is 8.74. The normalized spacial score (nSPS) is 17.2. The molecule has 25 heavy (non-hydrogen) atoms. The van der Waals surface area contributed by atoms with Crippen LogP contribution in [0.4, 0.5) is 0 Å². The van der Waals surface area contributed by atoms with Crippen molar-refractivity contribution in [1.29, 1.82) is 0 Å². The maximum atomic E-state index is 12.7. The highest BCUT2D eigenvalue weighted by atomic mass is 16.2. The summed E-state index contributed by atoms with van der Waals surface area (Å²) in [7, 11) is 0. The number of nitrogens with zero attached hydrogens (tertiary/aromatic N) is 3. The fourth-order valence-corrected chi connectivity index (χ4v) is 3.50. The number of carbonyl (C=O) groups excluding carboxylic acids is 1. The monoisotopic (exact) mass is 331 g/mol. The van der Waals surface area contributed by atoms with Gasteiger partial charge in [-0.25, -0.2) is 9.97 Å². The van der Waals surface area contributed by atoms with Crippen molar-refractivity contribution in [3.8, 4) is 0 Å². The molecule has 4 nitrogen and oxygen atoms in total. The summed E-state index contributed by atoms with van der Waals surface area (Å²) in [5.41, 5.74) is 2.05. The molecule has 4 heteroatoms. The molecule has 0 N–H and O–H groups in total. The van der Waals surface area contributed by atoms with Gasteiger partial charge in [0.2, 0.25) is 5.91 Å². The van der Waals surface area contributed by atoms with Crippen molar-refractivity contribution in [2.75, 3.05) is 13.1 Å². The third kappa shape index (κ3) is 3.38. The Hall–Kier alpha value is -2.75. The summed E-state index contributed by atoms with van der Waals surface area (Å²) in [6.07, 6.45) is 3.19. The topological polar surface area (TPSA) is 46.1 Å². The van der Waals surface area contributed by atoms with Gasteiger partial charge < -0.3 is 4.90 Å². The summed E-state index contributed by atoms with van der Waals surface area (Å²) in [4.78, 5) is 23.5. The number of hydrogen-bond acceptors (Lipinski definition) is 3. The van der Waals surface area contributed by atoms with E-state index in [0.29, 0.717) is 6.42 Å². The molecule has 2 aromatic carbocycles. The molecule has 1 amide bonds. The van der Waals surface area contributed by atoms with Crippen molar-refractivity contribution >= 4 is 16.7 Å². The molecule has 0 unspecified atom stereocenters. The van der Waals surface area contributed by atoms with E-state index in [1.807, 2.05) is 30.0 Å². The Labute approximate surface area is 147 Å². The van der Waals surface area contributed by atoms with Gasteiger partial charge in [-0.05, 0) is 35.7 Å². The number of aryl methyl sites for hydroxylation is 1. The van der Waals surface area contributed by atoms with E-state index in [1.54, 1.807) is 6.20 Å². The number of amides is 1. The molecule has 1 saturated heterocycles. The van der Waals surface area contributed by atoms with Crippen molar-refractivity contribution in [1.82, 2.24) is 14.9 Å². The summed E-state index contributed by atoms with van der Waals surface area (Å²) >= 11 is 0. The average Bonchev–Trinajstić information content (AvgIpc) is 3.12. The summed E-state index contributed by atoms with van der Waals surface area (Å²) in [6.45, 7) is 3.48. The van der Waals surface area contributed by atoms with Gasteiger partial charge in [0.05, 0.1) is 6.42 Å². The quantitative estimate of drug-likeness (QED) is 0.738. The lowest BCUT2D eigenvalue weighted by atomic mass is 10.0. The molecular weight excluding hydrogens is 310 g/mol. The minimum absolute atomic E-state index is 0.186. The zero-order valence-corrected chi connectivity index (χ0v) is 14.4. The van der Waals surface area contributed by atoms with Crippen molar-refractivity contribution in [2.45, 2.75) is 25.7 Å². The summed E-state index contributed by atoms with van der Waals surface area (Å²) in [6, 6.07) is 16.4. The standard InChI is InChI=1S/C21H21N3O/c1-15-8-10-22-21(23-15)19-9-11-24(14-19)20(25)13-16-6-7-17-4-2-3-5-18(17)12-16/h2-8,10,12,19H,9,11,13-14H2,1H3/t19-/m0/s1. The molecule has 1 fully saturated rings. The first kappa shape index (κ1) is 15.8. The molecule has 0 saturated carbocycles. The van der Waals surface area contributed by atoms with Crippen LogP contribution in [0.25, 0.3) is 10.8 Å². The molecule has 2 heterocycles. The van der Waals surface area contributed by atoms with Crippen LogP contribution in [-0.4, -0.2) is 33.9 Å². The van der Waals surface area contributed by atoms with Gasteiger partial charge in [0.25, 0.3) is 0 Å². The highest BCUT2D eigenvalue weighted by Gasteiger charge is 2.28. The van der Waals surface area contributed by atoms with Crippen molar-refractivity contribution in [3.05, 3.63) is 71.8 Å². The molecule has 1 aromatic heterocycles. The molecule has 0 bridgehead atoms. The fourth-order valence-electron chi connectivity index (χ4n) is 3.50. The predicted octanol–water partition coefficient (Wildman–Crippen LogP) is 3.50. The van der Waals surface area contributed by atoms with Gasteiger partial charge in [-0.1, -0.05) is 42.5 Å². The number of likely N-dealkylation sites (tertiary alicyclic amines) is 1.